The lowest BCUT2D eigenvalue weighted by Crippen LogP contribution is -2.29. The highest BCUT2D eigenvalue weighted by Gasteiger charge is 2.27. The molecule has 0 spiro atoms. The first-order valence-electron chi connectivity index (χ1n) is 5.28. The summed E-state index contributed by atoms with van der Waals surface area (Å²) in [4.78, 5) is 15.3. The SMILES string of the molecule is NNc1ccnc(C(=O)NCCOCC(F)(F)F)c1. The molecule has 4 N–H and O–H groups in total. The van der Waals surface area contributed by atoms with Crippen molar-refractivity contribution in [3.63, 3.8) is 0 Å². The van der Waals surface area contributed by atoms with Gasteiger partial charge in [0.25, 0.3) is 5.91 Å². The van der Waals surface area contributed by atoms with Gasteiger partial charge in [-0.1, -0.05) is 0 Å². The summed E-state index contributed by atoms with van der Waals surface area (Å²) < 4.78 is 39.6. The lowest BCUT2D eigenvalue weighted by Gasteiger charge is -2.08. The van der Waals surface area contributed by atoms with E-state index >= 15 is 0 Å². The number of ether oxygens (including phenoxy) is 1. The number of anilines is 1. The molecule has 6 nitrogen and oxygen atoms in total. The molecule has 1 aromatic rings. The third-order valence-corrected chi connectivity index (χ3v) is 1.96. The molecule has 106 valence electrons. The van der Waals surface area contributed by atoms with E-state index in [2.05, 4.69) is 20.5 Å². The smallest absolute Gasteiger partial charge is 0.370 e. The summed E-state index contributed by atoms with van der Waals surface area (Å²) in [6, 6.07) is 2.97. The van der Waals surface area contributed by atoms with Crippen LogP contribution in [-0.2, 0) is 4.74 Å². The number of hydrogen-bond acceptors (Lipinski definition) is 5. The standard InChI is InChI=1S/C10H13F3N4O2/c11-10(12,13)6-19-4-3-16-9(18)8-5-7(17-14)1-2-15-8/h1-2,5H,3-4,6,14H2,(H,15,17)(H,16,18). The van der Waals surface area contributed by atoms with Gasteiger partial charge in [-0.25, -0.2) is 0 Å². The van der Waals surface area contributed by atoms with E-state index in [1.54, 1.807) is 6.07 Å². The van der Waals surface area contributed by atoms with Crippen LogP contribution in [0.2, 0.25) is 0 Å². The van der Waals surface area contributed by atoms with Gasteiger partial charge in [0.1, 0.15) is 12.3 Å². The van der Waals surface area contributed by atoms with Crippen LogP contribution in [0.4, 0.5) is 18.9 Å². The Kier molecular flexibility index (Phi) is 5.52. The Morgan fingerprint density at radius 2 is 2.21 bits per heavy atom. The molecule has 0 atom stereocenters. The van der Waals surface area contributed by atoms with Gasteiger partial charge < -0.3 is 15.5 Å². The van der Waals surface area contributed by atoms with Crippen LogP contribution in [0.25, 0.3) is 0 Å². The van der Waals surface area contributed by atoms with Crippen molar-refractivity contribution >= 4 is 11.6 Å². The molecule has 9 heteroatoms. The van der Waals surface area contributed by atoms with Gasteiger partial charge in [0.2, 0.25) is 0 Å². The van der Waals surface area contributed by atoms with Gasteiger partial charge in [0, 0.05) is 12.7 Å². The highest BCUT2D eigenvalue weighted by atomic mass is 19.4. The zero-order valence-corrected chi connectivity index (χ0v) is 9.83. The first-order chi connectivity index (χ1) is 8.92. The molecule has 0 unspecified atom stereocenters. The van der Waals surface area contributed by atoms with E-state index in [9.17, 15) is 18.0 Å². The number of halogens is 3. The number of nitrogen functional groups attached to an aromatic ring is 1. The van der Waals surface area contributed by atoms with E-state index in [-0.39, 0.29) is 18.8 Å². The molecule has 0 aliphatic rings. The largest absolute Gasteiger partial charge is 0.411 e. The topological polar surface area (TPSA) is 89.3 Å². The molecule has 0 aromatic carbocycles. The van der Waals surface area contributed by atoms with Gasteiger partial charge in [0.15, 0.2) is 0 Å². The molecule has 0 radical (unpaired) electrons. The molecule has 1 aromatic heterocycles. The predicted molar refractivity (Wildman–Crippen MR) is 61.3 cm³/mol. The fourth-order valence-corrected chi connectivity index (χ4v) is 1.16. The van der Waals surface area contributed by atoms with Gasteiger partial charge in [-0.2, -0.15) is 13.2 Å². The Balaban J connectivity index is 2.31. The molecule has 0 aliphatic heterocycles. The summed E-state index contributed by atoms with van der Waals surface area (Å²) in [5.74, 6) is 4.64. The van der Waals surface area contributed by atoms with Crippen LogP contribution >= 0.6 is 0 Å². The van der Waals surface area contributed by atoms with Crippen LogP contribution in [0.3, 0.4) is 0 Å². The normalized spacial score (nSPS) is 11.2. The number of hydrazine groups is 1. The van der Waals surface area contributed by atoms with E-state index in [4.69, 9.17) is 5.84 Å². The van der Waals surface area contributed by atoms with Gasteiger partial charge >= 0.3 is 6.18 Å². The average Bonchev–Trinajstić information content (AvgIpc) is 2.37. The van der Waals surface area contributed by atoms with Crippen molar-refractivity contribution in [3.8, 4) is 0 Å². The molecule has 0 saturated carbocycles. The third kappa shape index (κ3) is 6.02. The van der Waals surface area contributed by atoms with Crippen molar-refractivity contribution in [2.75, 3.05) is 25.2 Å². The van der Waals surface area contributed by atoms with Crippen LogP contribution in [0.15, 0.2) is 18.3 Å². The molecule has 0 bridgehead atoms. The number of nitrogens with two attached hydrogens (primary N) is 1. The molecule has 1 heterocycles. The minimum atomic E-state index is -4.37. The number of alkyl halides is 3. The van der Waals surface area contributed by atoms with Crippen LogP contribution < -0.4 is 16.6 Å². The molecule has 19 heavy (non-hydrogen) atoms. The highest BCUT2D eigenvalue weighted by molar-refractivity contribution is 5.93. The zero-order chi connectivity index (χ0) is 14.3. The van der Waals surface area contributed by atoms with Crippen molar-refractivity contribution in [2.24, 2.45) is 5.84 Å². The Hall–Kier alpha value is -1.87. The summed E-state index contributed by atoms with van der Waals surface area (Å²) in [5, 5.41) is 2.37. The number of rotatable bonds is 6. The Morgan fingerprint density at radius 1 is 1.47 bits per heavy atom. The van der Waals surface area contributed by atoms with E-state index in [1.165, 1.54) is 12.3 Å². The molecule has 0 aliphatic carbocycles. The van der Waals surface area contributed by atoms with Crippen LogP contribution in [0.5, 0.6) is 0 Å². The van der Waals surface area contributed by atoms with E-state index in [1.807, 2.05) is 0 Å². The summed E-state index contributed by atoms with van der Waals surface area (Å²) in [5.41, 5.74) is 2.94. The quantitative estimate of drug-likeness (QED) is 0.404. The highest BCUT2D eigenvalue weighted by Crippen LogP contribution is 2.13. The maximum atomic E-state index is 11.7. The molecule has 1 rings (SSSR count). The number of pyridine rings is 1. The number of aromatic nitrogens is 1. The van der Waals surface area contributed by atoms with Gasteiger partial charge in [0.05, 0.1) is 12.3 Å². The molecule has 1 amide bonds. The number of hydrogen-bond donors (Lipinski definition) is 3. The number of carbonyl (C=O) groups is 1. The lowest BCUT2D eigenvalue weighted by molar-refractivity contribution is -0.173. The fraction of sp³-hybridized carbons (Fsp3) is 0.400. The van der Waals surface area contributed by atoms with Crippen molar-refractivity contribution in [1.82, 2.24) is 10.3 Å². The number of nitrogens with zero attached hydrogens (tertiary/aromatic N) is 1. The lowest BCUT2D eigenvalue weighted by atomic mass is 10.3. The maximum absolute atomic E-state index is 11.7. The summed E-state index contributed by atoms with van der Waals surface area (Å²) >= 11 is 0. The molecule has 0 saturated heterocycles. The summed E-state index contributed by atoms with van der Waals surface area (Å²) in [6.45, 7) is -1.62. The molecular weight excluding hydrogens is 265 g/mol. The van der Waals surface area contributed by atoms with Crippen molar-refractivity contribution < 1.29 is 22.7 Å². The van der Waals surface area contributed by atoms with Gasteiger partial charge in [-0.3, -0.25) is 15.6 Å². The fourth-order valence-electron chi connectivity index (χ4n) is 1.16. The first kappa shape index (κ1) is 15.2. The number of carbonyl (C=O) groups excluding carboxylic acids is 1. The van der Waals surface area contributed by atoms with Crippen LogP contribution in [-0.4, -0.2) is 36.8 Å². The van der Waals surface area contributed by atoms with Crippen LogP contribution in [0, 0.1) is 0 Å². The van der Waals surface area contributed by atoms with Gasteiger partial charge in [-0.05, 0) is 12.1 Å². The minimum absolute atomic E-state index is 0.0448. The molecular formula is C10H13F3N4O2. The van der Waals surface area contributed by atoms with E-state index in [0.29, 0.717) is 5.69 Å². The second-order valence-electron chi connectivity index (χ2n) is 3.50. The number of amides is 1. The number of nitrogens with one attached hydrogen (secondary N) is 2. The van der Waals surface area contributed by atoms with Crippen LogP contribution in [0.1, 0.15) is 10.5 Å². The Bertz CT molecular complexity index is 425. The Labute approximate surface area is 107 Å². The summed E-state index contributed by atoms with van der Waals surface area (Å²) in [7, 11) is 0. The second-order valence-corrected chi connectivity index (χ2v) is 3.50. The van der Waals surface area contributed by atoms with Crippen molar-refractivity contribution in [3.05, 3.63) is 24.0 Å². The monoisotopic (exact) mass is 278 g/mol. The van der Waals surface area contributed by atoms with Crippen molar-refractivity contribution in [2.45, 2.75) is 6.18 Å². The molecule has 0 fully saturated rings. The maximum Gasteiger partial charge on any atom is 0.411 e. The van der Waals surface area contributed by atoms with E-state index in [0.717, 1.165) is 0 Å². The predicted octanol–water partition coefficient (Wildman–Crippen LogP) is 0.676. The van der Waals surface area contributed by atoms with Crippen molar-refractivity contribution in [1.29, 1.82) is 0 Å². The first-order valence-corrected chi connectivity index (χ1v) is 5.28. The van der Waals surface area contributed by atoms with Gasteiger partial charge in [-0.15, -0.1) is 0 Å². The average molecular weight is 278 g/mol. The zero-order valence-electron chi connectivity index (χ0n) is 9.83. The minimum Gasteiger partial charge on any atom is -0.370 e. The summed E-state index contributed by atoms with van der Waals surface area (Å²) in [6.07, 6.45) is -2.99. The Morgan fingerprint density at radius 3 is 2.84 bits per heavy atom. The third-order valence-electron chi connectivity index (χ3n) is 1.96. The second kappa shape index (κ2) is 6.90. The van der Waals surface area contributed by atoms with E-state index < -0.39 is 18.7 Å².